The Kier molecular flexibility index (Phi) is 33.9. The van der Waals surface area contributed by atoms with Crippen molar-refractivity contribution in [1.29, 1.82) is 0 Å². The van der Waals surface area contributed by atoms with Gasteiger partial charge in [-0.25, -0.2) is 0 Å². The molecule has 5 aromatic carbocycles. The van der Waals surface area contributed by atoms with Crippen LogP contribution in [0.2, 0.25) is 0 Å². The lowest BCUT2D eigenvalue weighted by Crippen LogP contribution is -1.86. The van der Waals surface area contributed by atoms with E-state index in [4.69, 9.17) is 0 Å². The Hall–Kier alpha value is -3.88. The lowest BCUT2D eigenvalue weighted by Gasteiger charge is -2.04. The van der Waals surface area contributed by atoms with E-state index in [9.17, 15) is 4.79 Å². The smallest absolute Gasteiger partial charge is 0.126 e. The quantitative estimate of drug-likeness (QED) is 0.159. The summed E-state index contributed by atoms with van der Waals surface area (Å²) in [4.78, 5) is 9.44. The Bertz CT molecular complexity index is 1300. The Morgan fingerprint density at radius 2 is 0.431 bits per heavy atom. The summed E-state index contributed by atoms with van der Waals surface area (Å²) in [5.74, 6) is 0.167. The van der Waals surface area contributed by atoms with E-state index in [0.29, 0.717) is 0 Å². The Morgan fingerprint density at radius 1 is 0.333 bits per heavy atom. The molecular formula is C49H74OS. The minimum absolute atomic E-state index is 0. The van der Waals surface area contributed by atoms with Crippen molar-refractivity contribution in [2.24, 2.45) is 0 Å². The van der Waals surface area contributed by atoms with Crippen LogP contribution in [0.25, 0.3) is 0 Å². The van der Waals surface area contributed by atoms with E-state index in [2.05, 4.69) is 192 Å². The molecule has 0 aliphatic carbocycles. The average Bonchev–Trinajstić information content (AvgIpc) is 3.04. The van der Waals surface area contributed by atoms with E-state index in [-0.39, 0.29) is 20.6 Å². The highest BCUT2D eigenvalue weighted by Crippen LogP contribution is 2.13. The highest BCUT2D eigenvalue weighted by Gasteiger charge is 1.95. The molecule has 0 heterocycles. The number of aryl methyl sites for hydroxylation is 12. The Balaban J connectivity index is -0.000000257. The molecule has 0 saturated carbocycles. The van der Waals surface area contributed by atoms with Crippen LogP contribution >= 0.6 is 11.8 Å². The third-order valence-electron chi connectivity index (χ3n) is 7.81. The molecule has 0 N–H and O–H groups in total. The van der Waals surface area contributed by atoms with Crippen molar-refractivity contribution < 1.29 is 4.79 Å². The van der Waals surface area contributed by atoms with E-state index in [1.807, 2.05) is 12.5 Å². The second-order valence-electron chi connectivity index (χ2n) is 12.7. The molecule has 282 valence electrons. The first-order valence-corrected chi connectivity index (χ1v) is 18.6. The molecule has 0 amide bonds. The molecule has 0 aliphatic rings. The lowest BCUT2D eigenvalue weighted by atomic mass is 10.0. The third-order valence-corrected chi connectivity index (χ3v) is 7.81. The average molecular weight is 711 g/mol. The zero-order valence-electron chi connectivity index (χ0n) is 33.7. The van der Waals surface area contributed by atoms with Gasteiger partial charge in [0.05, 0.1) is 0 Å². The Morgan fingerprint density at radius 3 is 0.510 bits per heavy atom. The molecule has 5 rings (SSSR count). The van der Waals surface area contributed by atoms with E-state index in [1.165, 1.54) is 80.6 Å². The summed E-state index contributed by atoms with van der Waals surface area (Å²) in [5, 5.41) is 0. The van der Waals surface area contributed by atoms with Gasteiger partial charge in [0.1, 0.15) is 5.78 Å². The predicted octanol–water partition coefficient (Wildman–Crippen LogP) is 15.0. The van der Waals surface area contributed by atoms with Crippen LogP contribution in [0.4, 0.5) is 0 Å². The molecule has 0 unspecified atom stereocenters. The van der Waals surface area contributed by atoms with Crippen molar-refractivity contribution in [2.45, 2.75) is 112 Å². The summed E-state index contributed by atoms with van der Waals surface area (Å²) in [6, 6.07) is 37.9. The molecule has 0 radical (unpaired) electrons. The van der Waals surface area contributed by atoms with Crippen molar-refractivity contribution >= 4 is 17.5 Å². The van der Waals surface area contributed by atoms with Crippen LogP contribution < -0.4 is 0 Å². The summed E-state index contributed by atoms with van der Waals surface area (Å²) in [7, 11) is 0. The molecule has 0 bridgehead atoms. The van der Waals surface area contributed by atoms with Crippen molar-refractivity contribution in [3.8, 4) is 0 Å². The number of hydrogen-bond donors (Lipinski definition) is 0. The molecule has 0 atom stereocenters. The number of Topliss-reactive ketones (excluding diaryl/α,β-unsaturated/α-hetero) is 1. The highest BCUT2D eigenvalue weighted by molar-refractivity contribution is 7.97. The van der Waals surface area contributed by atoms with Crippen LogP contribution in [-0.4, -0.2) is 18.3 Å². The largest absolute Gasteiger partial charge is 0.300 e. The van der Waals surface area contributed by atoms with Gasteiger partial charge in [-0.2, -0.15) is 11.8 Å². The van der Waals surface area contributed by atoms with Crippen LogP contribution in [0.1, 0.15) is 95.5 Å². The molecule has 0 saturated heterocycles. The van der Waals surface area contributed by atoms with Gasteiger partial charge >= 0.3 is 0 Å². The van der Waals surface area contributed by atoms with E-state index < -0.39 is 0 Å². The van der Waals surface area contributed by atoms with Gasteiger partial charge in [0.2, 0.25) is 0 Å². The first-order valence-electron chi connectivity index (χ1n) is 17.0. The summed E-state index contributed by atoms with van der Waals surface area (Å²) < 4.78 is 0. The van der Waals surface area contributed by atoms with Gasteiger partial charge < -0.3 is 4.79 Å². The maximum atomic E-state index is 9.44. The fraction of sp³-hybridized carbons (Fsp3) is 0.367. The van der Waals surface area contributed by atoms with Crippen LogP contribution in [0.3, 0.4) is 0 Å². The zero-order valence-corrected chi connectivity index (χ0v) is 34.5. The van der Waals surface area contributed by atoms with Crippen molar-refractivity contribution in [2.75, 3.05) is 12.5 Å². The van der Waals surface area contributed by atoms with Crippen LogP contribution in [0.5, 0.6) is 0 Å². The van der Waals surface area contributed by atoms with Gasteiger partial charge in [0.25, 0.3) is 0 Å². The minimum atomic E-state index is 0. The molecule has 5 aromatic rings. The standard InChI is InChI=1S/C10H14.4C8H10.C3H6O.C2H6S.2CH4/c1-7-5-9(3)10(4)6-8(7)2;4*1-7-5-3-4-6-8(7)2;1-3(2)4;1-3-2;;/h5-6H,1-4H3;4*3-6H,1-2H3;1-2H3;1-2H3;2*1H4. The first kappa shape index (κ1) is 53.9. The second-order valence-corrected chi connectivity index (χ2v) is 13.5. The van der Waals surface area contributed by atoms with Gasteiger partial charge in [-0.3, -0.25) is 0 Å². The summed E-state index contributed by atoms with van der Waals surface area (Å²) >= 11 is 1.75. The molecule has 2 heteroatoms. The summed E-state index contributed by atoms with van der Waals surface area (Å²) in [5.41, 5.74) is 16.5. The maximum Gasteiger partial charge on any atom is 0.126 e. The summed E-state index contributed by atoms with van der Waals surface area (Å²) in [6.45, 7) is 28.6. The molecule has 0 fully saturated rings. The summed E-state index contributed by atoms with van der Waals surface area (Å²) in [6.07, 6.45) is 4.08. The fourth-order valence-electron chi connectivity index (χ4n) is 3.76. The normalized spacial score (nSPS) is 8.63. The van der Waals surface area contributed by atoms with Gasteiger partial charge in [-0.15, -0.1) is 0 Å². The number of rotatable bonds is 0. The van der Waals surface area contributed by atoms with Gasteiger partial charge in [-0.1, -0.05) is 124 Å². The predicted molar refractivity (Wildman–Crippen MR) is 238 cm³/mol. The maximum absolute atomic E-state index is 9.44. The van der Waals surface area contributed by atoms with E-state index in [0.717, 1.165) is 0 Å². The van der Waals surface area contributed by atoms with Crippen LogP contribution in [0, 0.1) is 83.1 Å². The molecule has 1 nitrogen and oxygen atoms in total. The van der Waals surface area contributed by atoms with Crippen LogP contribution in [-0.2, 0) is 4.79 Å². The molecular weight excluding hydrogens is 637 g/mol. The molecule has 0 spiro atoms. The second kappa shape index (κ2) is 32.1. The van der Waals surface area contributed by atoms with Crippen molar-refractivity contribution in [3.05, 3.63) is 176 Å². The topological polar surface area (TPSA) is 17.1 Å². The van der Waals surface area contributed by atoms with E-state index in [1.54, 1.807) is 11.8 Å². The highest BCUT2D eigenvalue weighted by atomic mass is 32.2. The van der Waals surface area contributed by atoms with Crippen molar-refractivity contribution in [3.63, 3.8) is 0 Å². The lowest BCUT2D eigenvalue weighted by molar-refractivity contribution is -0.115. The number of hydrogen-bond acceptors (Lipinski definition) is 2. The number of ketones is 1. The number of carbonyl (C=O) groups is 1. The Labute approximate surface area is 321 Å². The molecule has 0 aromatic heterocycles. The van der Waals surface area contributed by atoms with Gasteiger partial charge in [0, 0.05) is 0 Å². The monoisotopic (exact) mass is 711 g/mol. The SMILES string of the molecule is C.C.CC(C)=O.CSC.Cc1cc(C)c(C)cc1C.Cc1ccccc1C.Cc1ccccc1C.Cc1ccccc1C.Cc1ccccc1C. The number of carbonyl (C=O) groups excluding carboxylic acids is 1. The van der Waals surface area contributed by atoms with Gasteiger partial charge in [0.15, 0.2) is 0 Å². The number of thioether (sulfide) groups is 1. The van der Waals surface area contributed by atoms with Gasteiger partial charge in [-0.05, 0) is 176 Å². The molecule has 0 aliphatic heterocycles. The first-order chi connectivity index (χ1) is 23.0. The minimum Gasteiger partial charge on any atom is -0.300 e. The van der Waals surface area contributed by atoms with Crippen LogP contribution in [0.15, 0.2) is 109 Å². The van der Waals surface area contributed by atoms with E-state index >= 15 is 0 Å². The zero-order chi connectivity index (χ0) is 37.9. The van der Waals surface area contributed by atoms with Crippen molar-refractivity contribution in [1.82, 2.24) is 0 Å². The molecule has 51 heavy (non-hydrogen) atoms. The number of benzene rings is 5. The third kappa shape index (κ3) is 28.5. The fourth-order valence-corrected chi connectivity index (χ4v) is 3.76.